The molecule has 576 valence electrons. The van der Waals surface area contributed by atoms with E-state index in [1.54, 1.807) is 0 Å². The van der Waals surface area contributed by atoms with Gasteiger partial charge in [-0.15, -0.1) is 0 Å². The molecule has 0 spiro atoms. The predicted molar refractivity (Wildman–Crippen MR) is 395 cm³/mol. The lowest BCUT2D eigenvalue weighted by Crippen LogP contribution is -2.30. The van der Waals surface area contributed by atoms with Gasteiger partial charge in [-0.05, 0) is 25.7 Å². The Labute approximate surface area is 594 Å². The average molecular weight is 1420 g/mol. The van der Waals surface area contributed by atoms with Gasteiger partial charge >= 0.3 is 39.5 Å². The van der Waals surface area contributed by atoms with Gasteiger partial charge < -0.3 is 33.8 Å². The van der Waals surface area contributed by atoms with Gasteiger partial charge in [-0.1, -0.05) is 368 Å². The molecule has 97 heavy (non-hydrogen) atoms. The molecule has 17 nitrogen and oxygen atoms in total. The standard InChI is InChI=1S/C78H152O17P2/c1-5-9-13-17-21-25-28-31-33-35-37-39-42-45-49-53-57-61-65-78(83)95-74(69-89-76(81)63-59-55-51-47-43-41-38-36-34-32-29-26-22-18-14-10-6-2)71-93-97(86,87)91-67-72(79)66-90-96(84,85)92-70-73(68-88-75(80)62-58-54-50-46-24-20-16-12-8-4)94-77(82)64-60-56-52-48-44-40-30-27-23-19-15-11-7-3/h72-74,79H,5-71H2,1-4H3,(H,84,85)(H,86,87)/t72-,73+,74+/m0/s1. The largest absolute Gasteiger partial charge is 0.472 e. The van der Waals surface area contributed by atoms with Crippen molar-refractivity contribution < 1.29 is 80.2 Å². The number of hydrogen-bond donors (Lipinski definition) is 3. The molecule has 0 rings (SSSR count). The van der Waals surface area contributed by atoms with Crippen LogP contribution in [-0.2, 0) is 65.4 Å². The molecule has 0 amide bonds. The lowest BCUT2D eigenvalue weighted by atomic mass is 10.0. The highest BCUT2D eigenvalue weighted by atomic mass is 31.2. The number of aliphatic hydroxyl groups is 1. The summed E-state index contributed by atoms with van der Waals surface area (Å²) in [5, 5.41) is 10.6. The van der Waals surface area contributed by atoms with Crippen molar-refractivity contribution in [2.45, 2.75) is 438 Å². The number of hydrogen-bond acceptors (Lipinski definition) is 15. The molecule has 0 heterocycles. The van der Waals surface area contributed by atoms with Crippen LogP contribution >= 0.6 is 15.6 Å². The number of rotatable bonds is 79. The van der Waals surface area contributed by atoms with Crippen molar-refractivity contribution in [3.05, 3.63) is 0 Å². The number of unbranched alkanes of at least 4 members (excludes halogenated alkanes) is 53. The zero-order valence-electron chi connectivity index (χ0n) is 63.1. The van der Waals surface area contributed by atoms with Gasteiger partial charge in [0.05, 0.1) is 26.4 Å². The number of esters is 4. The first kappa shape index (κ1) is 95.1. The van der Waals surface area contributed by atoms with Crippen LogP contribution in [0, 0.1) is 0 Å². The first-order valence-corrected chi connectivity index (χ1v) is 43.8. The molecule has 19 heteroatoms. The molecule has 0 saturated carbocycles. The highest BCUT2D eigenvalue weighted by Gasteiger charge is 2.30. The van der Waals surface area contributed by atoms with Crippen LogP contribution in [0.5, 0.6) is 0 Å². The van der Waals surface area contributed by atoms with Crippen molar-refractivity contribution in [2.24, 2.45) is 0 Å². The summed E-state index contributed by atoms with van der Waals surface area (Å²) in [6.45, 7) is 5.00. The molecule has 0 aromatic carbocycles. The van der Waals surface area contributed by atoms with Crippen LogP contribution in [0.3, 0.4) is 0 Å². The maximum Gasteiger partial charge on any atom is 0.472 e. The van der Waals surface area contributed by atoms with E-state index >= 15 is 0 Å². The molecule has 0 aliphatic carbocycles. The topological polar surface area (TPSA) is 237 Å². The third-order valence-electron chi connectivity index (χ3n) is 18.4. The second kappa shape index (κ2) is 72.4. The number of phosphoric acid groups is 2. The highest BCUT2D eigenvalue weighted by Crippen LogP contribution is 2.45. The Hall–Kier alpha value is -1.94. The molecule has 3 N–H and O–H groups in total. The van der Waals surface area contributed by atoms with Gasteiger partial charge in [0, 0.05) is 25.7 Å². The van der Waals surface area contributed by atoms with Crippen molar-refractivity contribution in [3.63, 3.8) is 0 Å². The Bertz CT molecular complexity index is 1840. The van der Waals surface area contributed by atoms with E-state index in [1.807, 2.05) is 0 Å². The summed E-state index contributed by atoms with van der Waals surface area (Å²) in [6, 6.07) is 0. The Morgan fingerprint density at radius 2 is 0.412 bits per heavy atom. The second-order valence-electron chi connectivity index (χ2n) is 28.1. The fourth-order valence-electron chi connectivity index (χ4n) is 12.1. The van der Waals surface area contributed by atoms with E-state index in [4.69, 9.17) is 37.0 Å². The first-order valence-electron chi connectivity index (χ1n) is 40.8. The van der Waals surface area contributed by atoms with Gasteiger partial charge in [0.2, 0.25) is 0 Å². The van der Waals surface area contributed by atoms with E-state index in [0.29, 0.717) is 25.7 Å². The third kappa shape index (κ3) is 72.2. The van der Waals surface area contributed by atoms with Gasteiger partial charge in [-0.3, -0.25) is 37.3 Å². The van der Waals surface area contributed by atoms with E-state index in [0.717, 1.165) is 89.9 Å². The summed E-state index contributed by atoms with van der Waals surface area (Å²) >= 11 is 0. The van der Waals surface area contributed by atoms with Crippen LogP contribution in [0.4, 0.5) is 0 Å². The van der Waals surface area contributed by atoms with Crippen LogP contribution in [0.2, 0.25) is 0 Å². The molecule has 0 aliphatic heterocycles. The van der Waals surface area contributed by atoms with Crippen LogP contribution in [0.1, 0.15) is 419 Å². The monoisotopic (exact) mass is 1420 g/mol. The minimum atomic E-state index is -4.96. The van der Waals surface area contributed by atoms with Gasteiger partial charge in [-0.25, -0.2) is 9.13 Å². The zero-order valence-corrected chi connectivity index (χ0v) is 64.8. The van der Waals surface area contributed by atoms with Crippen LogP contribution in [-0.4, -0.2) is 96.7 Å². The van der Waals surface area contributed by atoms with E-state index in [-0.39, 0.29) is 25.7 Å². The molecule has 0 radical (unpaired) electrons. The molecule has 5 atom stereocenters. The summed E-state index contributed by atoms with van der Waals surface area (Å²) in [5.41, 5.74) is 0. The van der Waals surface area contributed by atoms with E-state index in [9.17, 15) is 43.2 Å². The van der Waals surface area contributed by atoms with Crippen LogP contribution in [0.25, 0.3) is 0 Å². The molecular formula is C78H152O17P2. The SMILES string of the molecule is CCCCCCCCCCCCCCCCCCCCC(=O)O[C@H](COC(=O)CCCCCCCCCCCCCCCCCCC)COP(=O)(O)OC[C@@H](O)COP(=O)(O)OC[C@@H](COC(=O)CCCCCCCCCCC)OC(=O)CCCCCCCCCCCCCCC. The summed E-state index contributed by atoms with van der Waals surface area (Å²) in [5.74, 6) is -2.11. The third-order valence-corrected chi connectivity index (χ3v) is 20.3. The molecular weight excluding hydrogens is 1270 g/mol. The summed E-state index contributed by atoms with van der Waals surface area (Å²) < 4.78 is 68.6. The molecule has 0 aliphatic rings. The average Bonchev–Trinajstić information content (AvgIpc) is 1.51. The fraction of sp³-hybridized carbons (Fsp3) is 0.949. The maximum absolute atomic E-state index is 13.1. The number of aliphatic hydroxyl groups excluding tert-OH is 1. The summed E-state index contributed by atoms with van der Waals surface area (Å²) in [7, 11) is -9.91. The molecule has 0 fully saturated rings. The highest BCUT2D eigenvalue weighted by molar-refractivity contribution is 7.47. The molecule has 0 bridgehead atoms. The zero-order chi connectivity index (χ0) is 71.1. The van der Waals surface area contributed by atoms with Crippen molar-refractivity contribution in [1.29, 1.82) is 0 Å². The Kier molecular flexibility index (Phi) is 71.0. The van der Waals surface area contributed by atoms with E-state index < -0.39 is 97.5 Å². The molecule has 0 aromatic rings. The second-order valence-corrected chi connectivity index (χ2v) is 31.0. The predicted octanol–water partition coefficient (Wildman–Crippen LogP) is 23.4. The molecule has 0 aromatic heterocycles. The van der Waals surface area contributed by atoms with Crippen molar-refractivity contribution in [2.75, 3.05) is 39.6 Å². The lowest BCUT2D eigenvalue weighted by molar-refractivity contribution is -0.161. The minimum absolute atomic E-state index is 0.108. The van der Waals surface area contributed by atoms with E-state index in [1.165, 1.54) is 250 Å². The number of carbonyl (C=O) groups is 4. The Morgan fingerprint density at radius 1 is 0.247 bits per heavy atom. The normalized spacial score (nSPS) is 13.8. The minimum Gasteiger partial charge on any atom is -0.462 e. The lowest BCUT2D eigenvalue weighted by Gasteiger charge is -2.21. The van der Waals surface area contributed by atoms with Gasteiger partial charge in [0.25, 0.3) is 0 Å². The van der Waals surface area contributed by atoms with Gasteiger partial charge in [-0.2, -0.15) is 0 Å². The van der Waals surface area contributed by atoms with Crippen LogP contribution < -0.4 is 0 Å². The Balaban J connectivity index is 5.22. The van der Waals surface area contributed by atoms with E-state index in [2.05, 4.69) is 27.7 Å². The van der Waals surface area contributed by atoms with Crippen molar-refractivity contribution >= 4 is 39.5 Å². The smallest absolute Gasteiger partial charge is 0.462 e. The number of phosphoric ester groups is 2. The first-order chi connectivity index (χ1) is 47.2. The Morgan fingerprint density at radius 3 is 0.608 bits per heavy atom. The van der Waals surface area contributed by atoms with Crippen molar-refractivity contribution in [3.8, 4) is 0 Å². The molecule has 2 unspecified atom stereocenters. The summed E-state index contributed by atoms with van der Waals surface area (Å²) in [6.07, 6.45) is 63.7. The van der Waals surface area contributed by atoms with Gasteiger partial charge in [0.15, 0.2) is 12.2 Å². The summed E-state index contributed by atoms with van der Waals surface area (Å²) in [4.78, 5) is 72.9. The number of ether oxygens (including phenoxy) is 4. The quantitative estimate of drug-likeness (QED) is 0.0222. The fourth-order valence-corrected chi connectivity index (χ4v) is 13.7. The van der Waals surface area contributed by atoms with Gasteiger partial charge in [0.1, 0.15) is 19.3 Å². The molecule has 0 saturated heterocycles. The van der Waals surface area contributed by atoms with Crippen LogP contribution in [0.15, 0.2) is 0 Å². The number of carbonyl (C=O) groups excluding carboxylic acids is 4. The maximum atomic E-state index is 13.1. The van der Waals surface area contributed by atoms with Crippen molar-refractivity contribution in [1.82, 2.24) is 0 Å².